The number of nitrogens with zero attached hydrogens (tertiary/aromatic N) is 2. The SMILES string of the molecule is CCN(C)C=Nc1cc(C)c(C(=O)OCc2c(F)c(F)cc(F)c2F)cc1C. The number of benzene rings is 2. The predicted octanol–water partition coefficient (Wildman–Crippen LogP) is 4.83. The Morgan fingerprint density at radius 3 is 2.25 bits per heavy atom. The Balaban J connectivity index is 2.22. The van der Waals surface area contributed by atoms with Gasteiger partial charge >= 0.3 is 5.97 Å². The highest BCUT2D eigenvalue weighted by Gasteiger charge is 2.21. The van der Waals surface area contributed by atoms with Crippen LogP contribution in [0.3, 0.4) is 0 Å². The van der Waals surface area contributed by atoms with E-state index in [0.29, 0.717) is 16.8 Å². The average molecular weight is 396 g/mol. The monoisotopic (exact) mass is 396 g/mol. The van der Waals surface area contributed by atoms with Gasteiger partial charge in [0.1, 0.15) is 6.61 Å². The summed E-state index contributed by atoms with van der Waals surface area (Å²) in [4.78, 5) is 18.5. The molecule has 0 aromatic heterocycles. The van der Waals surface area contributed by atoms with Crippen LogP contribution in [0.5, 0.6) is 0 Å². The molecule has 0 atom stereocenters. The molecule has 0 radical (unpaired) electrons. The Morgan fingerprint density at radius 2 is 1.68 bits per heavy atom. The molecule has 0 saturated carbocycles. The quantitative estimate of drug-likeness (QED) is 0.231. The number of hydrogen-bond donors (Lipinski definition) is 0. The van der Waals surface area contributed by atoms with Crippen molar-refractivity contribution in [3.05, 3.63) is 63.7 Å². The number of ether oxygens (including phenoxy) is 1. The average Bonchev–Trinajstić information content (AvgIpc) is 2.66. The van der Waals surface area contributed by atoms with E-state index >= 15 is 0 Å². The number of carbonyl (C=O) groups excluding carboxylic acids is 1. The van der Waals surface area contributed by atoms with Gasteiger partial charge in [-0.25, -0.2) is 27.3 Å². The molecule has 0 unspecified atom stereocenters. The lowest BCUT2D eigenvalue weighted by atomic mass is 10.0. The fraction of sp³-hybridized carbons (Fsp3) is 0.300. The van der Waals surface area contributed by atoms with Crippen LogP contribution in [0.2, 0.25) is 0 Å². The Bertz CT molecular complexity index is 903. The summed E-state index contributed by atoms with van der Waals surface area (Å²) in [6, 6.07) is 3.31. The highest BCUT2D eigenvalue weighted by molar-refractivity contribution is 5.92. The van der Waals surface area contributed by atoms with Crippen molar-refractivity contribution in [2.75, 3.05) is 13.6 Å². The highest BCUT2D eigenvalue weighted by Crippen LogP contribution is 2.25. The van der Waals surface area contributed by atoms with E-state index in [1.54, 1.807) is 26.3 Å². The van der Waals surface area contributed by atoms with Gasteiger partial charge in [0.2, 0.25) is 0 Å². The first-order valence-electron chi connectivity index (χ1n) is 8.50. The van der Waals surface area contributed by atoms with E-state index in [9.17, 15) is 22.4 Å². The Kier molecular flexibility index (Phi) is 6.77. The van der Waals surface area contributed by atoms with Gasteiger partial charge in [0.15, 0.2) is 23.3 Å². The van der Waals surface area contributed by atoms with Crippen LogP contribution in [0.1, 0.15) is 34.0 Å². The van der Waals surface area contributed by atoms with Crippen LogP contribution in [0.15, 0.2) is 23.2 Å². The van der Waals surface area contributed by atoms with Crippen molar-refractivity contribution in [1.82, 2.24) is 4.90 Å². The fourth-order valence-corrected chi connectivity index (χ4v) is 2.37. The molecular formula is C20H20F4N2O2. The van der Waals surface area contributed by atoms with Gasteiger partial charge in [0.25, 0.3) is 0 Å². The molecular weight excluding hydrogens is 376 g/mol. The number of carbonyl (C=O) groups is 1. The summed E-state index contributed by atoms with van der Waals surface area (Å²) < 4.78 is 58.7. The van der Waals surface area contributed by atoms with Crippen LogP contribution in [0.4, 0.5) is 23.2 Å². The first-order chi connectivity index (χ1) is 13.1. The van der Waals surface area contributed by atoms with Crippen molar-refractivity contribution >= 4 is 18.0 Å². The van der Waals surface area contributed by atoms with Crippen molar-refractivity contribution in [2.24, 2.45) is 4.99 Å². The van der Waals surface area contributed by atoms with Crippen molar-refractivity contribution in [3.8, 4) is 0 Å². The van der Waals surface area contributed by atoms with E-state index in [0.717, 1.165) is 6.54 Å². The van der Waals surface area contributed by atoms with Crippen molar-refractivity contribution in [1.29, 1.82) is 0 Å². The molecule has 2 aromatic carbocycles. The lowest BCUT2D eigenvalue weighted by molar-refractivity contribution is 0.0461. The number of hydrogen-bond acceptors (Lipinski definition) is 3. The third-order valence-electron chi connectivity index (χ3n) is 4.21. The number of halogens is 4. The van der Waals surface area contributed by atoms with E-state index in [4.69, 9.17) is 4.74 Å². The summed E-state index contributed by atoms with van der Waals surface area (Å²) >= 11 is 0. The smallest absolute Gasteiger partial charge is 0.338 e. The van der Waals surface area contributed by atoms with Crippen LogP contribution in [-0.4, -0.2) is 30.8 Å². The van der Waals surface area contributed by atoms with E-state index in [2.05, 4.69) is 4.99 Å². The molecule has 8 heteroatoms. The third-order valence-corrected chi connectivity index (χ3v) is 4.21. The van der Waals surface area contributed by atoms with Crippen LogP contribution >= 0.6 is 0 Å². The van der Waals surface area contributed by atoms with Crippen LogP contribution < -0.4 is 0 Å². The van der Waals surface area contributed by atoms with Gasteiger partial charge in [-0.3, -0.25) is 0 Å². The Labute approximate surface area is 160 Å². The van der Waals surface area contributed by atoms with Crippen LogP contribution in [-0.2, 0) is 11.3 Å². The summed E-state index contributed by atoms with van der Waals surface area (Å²) in [7, 11) is 1.87. The number of rotatable bonds is 6. The minimum absolute atomic E-state index is 0.0959. The molecule has 0 heterocycles. The molecule has 2 aromatic rings. The summed E-state index contributed by atoms with van der Waals surface area (Å²) in [5, 5.41) is 0. The van der Waals surface area contributed by atoms with Crippen molar-refractivity contribution in [3.63, 3.8) is 0 Å². The Hall–Kier alpha value is -2.90. The standard InChI is InChI=1S/C20H20F4N2O2/c1-5-26(4)10-25-17-7-11(2)13(6-12(17)3)20(27)28-9-14-18(23)15(21)8-16(22)19(14)24/h6-8,10H,5,9H2,1-4H3. The lowest BCUT2D eigenvalue weighted by Gasteiger charge is -2.12. The number of esters is 1. The molecule has 0 N–H and O–H groups in total. The highest BCUT2D eigenvalue weighted by atomic mass is 19.2. The zero-order chi connectivity index (χ0) is 21.0. The van der Waals surface area contributed by atoms with Gasteiger partial charge in [-0.05, 0) is 44.0 Å². The molecule has 0 aliphatic carbocycles. The fourth-order valence-electron chi connectivity index (χ4n) is 2.37. The lowest BCUT2D eigenvalue weighted by Crippen LogP contribution is -2.14. The normalized spacial score (nSPS) is 11.1. The molecule has 150 valence electrons. The van der Waals surface area contributed by atoms with E-state index in [-0.39, 0.29) is 11.6 Å². The molecule has 0 spiro atoms. The summed E-state index contributed by atoms with van der Waals surface area (Å²) in [6.07, 6.45) is 1.66. The second-order valence-corrected chi connectivity index (χ2v) is 6.29. The van der Waals surface area contributed by atoms with E-state index in [1.807, 2.05) is 18.9 Å². The van der Waals surface area contributed by atoms with Gasteiger partial charge in [0.05, 0.1) is 23.2 Å². The van der Waals surface area contributed by atoms with Crippen LogP contribution in [0.25, 0.3) is 0 Å². The molecule has 0 aliphatic heterocycles. The topological polar surface area (TPSA) is 41.9 Å². The van der Waals surface area contributed by atoms with E-state index < -0.39 is 41.4 Å². The summed E-state index contributed by atoms with van der Waals surface area (Å²) in [6.45, 7) is 5.21. The van der Waals surface area contributed by atoms with E-state index in [1.165, 1.54) is 6.07 Å². The zero-order valence-electron chi connectivity index (χ0n) is 15.9. The molecule has 0 fully saturated rings. The molecule has 2 rings (SSSR count). The zero-order valence-corrected chi connectivity index (χ0v) is 15.9. The minimum Gasteiger partial charge on any atom is -0.457 e. The Morgan fingerprint density at radius 1 is 1.07 bits per heavy atom. The maximum absolute atomic E-state index is 13.7. The van der Waals surface area contributed by atoms with Gasteiger partial charge in [0, 0.05) is 19.7 Å². The first-order valence-corrected chi connectivity index (χ1v) is 8.50. The minimum atomic E-state index is -1.59. The molecule has 0 aliphatic rings. The molecule has 0 amide bonds. The first kappa shape index (κ1) is 21.4. The molecule has 0 saturated heterocycles. The summed E-state index contributed by atoms with van der Waals surface area (Å²) in [5.41, 5.74) is 1.06. The molecule has 28 heavy (non-hydrogen) atoms. The van der Waals surface area contributed by atoms with Crippen molar-refractivity contribution < 1.29 is 27.1 Å². The molecule has 0 bridgehead atoms. The second-order valence-electron chi connectivity index (χ2n) is 6.29. The largest absolute Gasteiger partial charge is 0.457 e. The predicted molar refractivity (Wildman–Crippen MR) is 97.8 cm³/mol. The van der Waals surface area contributed by atoms with Gasteiger partial charge in [-0.1, -0.05) is 0 Å². The maximum Gasteiger partial charge on any atom is 0.338 e. The number of aliphatic imine (C=N–C) groups is 1. The number of aryl methyl sites for hydroxylation is 2. The molecule has 4 nitrogen and oxygen atoms in total. The van der Waals surface area contributed by atoms with Gasteiger partial charge in [-0.15, -0.1) is 0 Å². The maximum atomic E-state index is 13.7. The van der Waals surface area contributed by atoms with Crippen LogP contribution in [0, 0.1) is 37.1 Å². The van der Waals surface area contributed by atoms with Crippen molar-refractivity contribution in [2.45, 2.75) is 27.4 Å². The van der Waals surface area contributed by atoms with Gasteiger partial charge < -0.3 is 9.64 Å². The van der Waals surface area contributed by atoms with Gasteiger partial charge in [-0.2, -0.15) is 0 Å². The summed E-state index contributed by atoms with van der Waals surface area (Å²) in [5.74, 6) is -7.17. The second kappa shape index (κ2) is 8.86. The third kappa shape index (κ3) is 4.68.